The Morgan fingerprint density at radius 1 is 1.20 bits per heavy atom. The van der Waals surface area contributed by atoms with Crippen LogP contribution >= 0.6 is 0 Å². The highest BCUT2D eigenvalue weighted by atomic mass is 16.5. The van der Waals surface area contributed by atoms with E-state index in [1.807, 2.05) is 26.8 Å². The molecule has 0 radical (unpaired) electrons. The molecule has 1 aromatic rings. The summed E-state index contributed by atoms with van der Waals surface area (Å²) < 4.78 is 4.92. The summed E-state index contributed by atoms with van der Waals surface area (Å²) >= 11 is 0. The van der Waals surface area contributed by atoms with Crippen LogP contribution in [0.4, 0.5) is 0 Å². The molecule has 0 spiro atoms. The van der Waals surface area contributed by atoms with E-state index >= 15 is 0 Å². The second-order valence-electron chi connectivity index (χ2n) is 4.98. The number of methoxy groups -OCH3 is 1. The summed E-state index contributed by atoms with van der Waals surface area (Å²) in [5.74, 6) is -0.474. The minimum absolute atomic E-state index is 0.0418. The lowest BCUT2D eigenvalue weighted by atomic mass is 10.1. The first kappa shape index (κ1) is 16.2. The Morgan fingerprint density at radius 2 is 1.80 bits per heavy atom. The van der Waals surface area contributed by atoms with E-state index in [2.05, 4.69) is 10.6 Å². The molecule has 1 unspecified atom stereocenters. The molecule has 2 N–H and O–H groups in total. The fourth-order valence-electron chi connectivity index (χ4n) is 1.99. The van der Waals surface area contributed by atoms with Crippen molar-refractivity contribution in [2.75, 3.05) is 20.3 Å². The molecular formula is C15H22N2O3. The van der Waals surface area contributed by atoms with E-state index in [1.54, 1.807) is 19.2 Å². The van der Waals surface area contributed by atoms with Crippen LogP contribution in [0.15, 0.2) is 18.2 Å². The Balaban J connectivity index is 2.48. The third-order valence-electron chi connectivity index (χ3n) is 2.72. The Kier molecular flexibility index (Phi) is 6.18. The summed E-state index contributed by atoms with van der Waals surface area (Å²) in [5.41, 5.74) is 2.61. The number of rotatable bonds is 6. The molecule has 2 amide bonds. The molecule has 5 heteroatoms. The highest BCUT2D eigenvalue weighted by molar-refractivity contribution is 5.96. The van der Waals surface area contributed by atoms with Crippen molar-refractivity contribution in [3.63, 3.8) is 0 Å². The summed E-state index contributed by atoms with van der Waals surface area (Å²) in [7, 11) is 1.57. The zero-order valence-electron chi connectivity index (χ0n) is 12.4. The predicted molar refractivity (Wildman–Crippen MR) is 77.7 cm³/mol. The van der Waals surface area contributed by atoms with E-state index in [0.717, 1.165) is 11.1 Å². The Hall–Kier alpha value is -1.88. The van der Waals surface area contributed by atoms with Crippen molar-refractivity contribution < 1.29 is 14.3 Å². The second kappa shape index (κ2) is 7.65. The first-order valence-electron chi connectivity index (χ1n) is 6.57. The topological polar surface area (TPSA) is 67.4 Å². The normalized spacial score (nSPS) is 11.8. The molecule has 1 aromatic carbocycles. The summed E-state index contributed by atoms with van der Waals surface area (Å²) in [6.45, 7) is 6.11. The van der Waals surface area contributed by atoms with Crippen LogP contribution in [0.1, 0.15) is 28.4 Å². The van der Waals surface area contributed by atoms with E-state index in [4.69, 9.17) is 4.74 Å². The first-order valence-corrected chi connectivity index (χ1v) is 6.57. The molecule has 1 atom stereocenters. The second-order valence-corrected chi connectivity index (χ2v) is 4.98. The van der Waals surface area contributed by atoms with Gasteiger partial charge in [0.25, 0.3) is 5.91 Å². The fourth-order valence-corrected chi connectivity index (χ4v) is 1.99. The summed E-state index contributed by atoms with van der Waals surface area (Å²) in [6.07, 6.45) is 0. The number of hydrogen-bond donors (Lipinski definition) is 2. The van der Waals surface area contributed by atoms with Crippen LogP contribution in [0, 0.1) is 13.8 Å². The van der Waals surface area contributed by atoms with Gasteiger partial charge in [-0.1, -0.05) is 17.2 Å². The first-order chi connectivity index (χ1) is 9.42. The van der Waals surface area contributed by atoms with Crippen LogP contribution in [0.3, 0.4) is 0 Å². The molecule has 0 bridgehead atoms. The molecule has 0 aromatic heterocycles. The maximum Gasteiger partial charge on any atom is 0.251 e. The van der Waals surface area contributed by atoms with Gasteiger partial charge in [-0.05, 0) is 32.9 Å². The van der Waals surface area contributed by atoms with Crippen LogP contribution in [-0.2, 0) is 9.53 Å². The van der Waals surface area contributed by atoms with Crippen LogP contribution in [0.2, 0.25) is 0 Å². The lowest BCUT2D eigenvalue weighted by Gasteiger charge is -2.13. The average molecular weight is 278 g/mol. The lowest BCUT2D eigenvalue weighted by Crippen LogP contribution is -2.42. The van der Waals surface area contributed by atoms with Crippen molar-refractivity contribution in [2.24, 2.45) is 0 Å². The number of carbonyl (C=O) groups excluding carboxylic acids is 2. The van der Waals surface area contributed by atoms with Gasteiger partial charge < -0.3 is 15.4 Å². The highest BCUT2D eigenvalue weighted by Crippen LogP contribution is 2.08. The molecule has 20 heavy (non-hydrogen) atoms. The van der Waals surface area contributed by atoms with Crippen molar-refractivity contribution in [1.82, 2.24) is 10.6 Å². The van der Waals surface area contributed by atoms with Crippen molar-refractivity contribution in [2.45, 2.75) is 26.8 Å². The number of benzene rings is 1. The molecule has 0 aliphatic rings. The van der Waals surface area contributed by atoms with Crippen molar-refractivity contribution in [1.29, 1.82) is 0 Å². The van der Waals surface area contributed by atoms with E-state index in [-0.39, 0.29) is 24.4 Å². The van der Waals surface area contributed by atoms with E-state index in [9.17, 15) is 9.59 Å². The van der Waals surface area contributed by atoms with Gasteiger partial charge in [0.15, 0.2) is 0 Å². The quantitative estimate of drug-likeness (QED) is 0.821. The van der Waals surface area contributed by atoms with Crippen LogP contribution < -0.4 is 10.6 Å². The molecule has 110 valence electrons. The van der Waals surface area contributed by atoms with Gasteiger partial charge >= 0.3 is 0 Å². The van der Waals surface area contributed by atoms with Gasteiger partial charge in [-0.15, -0.1) is 0 Å². The maximum absolute atomic E-state index is 11.9. The zero-order chi connectivity index (χ0) is 15.1. The standard InChI is InChI=1S/C15H22N2O3/c1-10-5-11(2)7-13(6-10)15(19)16-8-14(18)17-12(3)9-20-4/h5-7,12H,8-9H2,1-4H3,(H,16,19)(H,17,18). The molecule has 5 nitrogen and oxygen atoms in total. The van der Waals surface area contributed by atoms with Gasteiger partial charge in [-0.25, -0.2) is 0 Å². The number of ether oxygens (including phenoxy) is 1. The van der Waals surface area contributed by atoms with Crippen LogP contribution in [0.5, 0.6) is 0 Å². The number of aryl methyl sites for hydroxylation is 2. The van der Waals surface area contributed by atoms with Crippen LogP contribution in [0.25, 0.3) is 0 Å². The van der Waals surface area contributed by atoms with Gasteiger partial charge in [-0.2, -0.15) is 0 Å². The van der Waals surface area contributed by atoms with Crippen molar-refractivity contribution >= 4 is 11.8 Å². The van der Waals surface area contributed by atoms with Gasteiger partial charge in [0, 0.05) is 18.7 Å². The third-order valence-corrected chi connectivity index (χ3v) is 2.72. The monoisotopic (exact) mass is 278 g/mol. The Morgan fingerprint density at radius 3 is 2.35 bits per heavy atom. The van der Waals surface area contributed by atoms with Crippen molar-refractivity contribution in [3.8, 4) is 0 Å². The SMILES string of the molecule is COCC(C)NC(=O)CNC(=O)c1cc(C)cc(C)c1. The smallest absolute Gasteiger partial charge is 0.251 e. The number of amides is 2. The molecular weight excluding hydrogens is 256 g/mol. The Bertz CT molecular complexity index is 466. The van der Waals surface area contributed by atoms with E-state index in [0.29, 0.717) is 12.2 Å². The maximum atomic E-state index is 11.9. The lowest BCUT2D eigenvalue weighted by molar-refractivity contribution is -0.121. The number of hydrogen-bond acceptors (Lipinski definition) is 3. The van der Waals surface area contributed by atoms with E-state index in [1.165, 1.54) is 0 Å². The molecule has 0 saturated heterocycles. The third kappa shape index (κ3) is 5.40. The molecule has 0 heterocycles. The van der Waals surface area contributed by atoms with Crippen molar-refractivity contribution in [3.05, 3.63) is 34.9 Å². The van der Waals surface area contributed by atoms with E-state index < -0.39 is 0 Å². The Labute approximate surface area is 119 Å². The minimum Gasteiger partial charge on any atom is -0.383 e. The average Bonchev–Trinajstić information content (AvgIpc) is 2.35. The molecule has 0 fully saturated rings. The molecule has 1 rings (SSSR count). The summed E-state index contributed by atoms with van der Waals surface area (Å²) in [6, 6.07) is 5.52. The minimum atomic E-state index is -0.244. The molecule has 0 aliphatic heterocycles. The summed E-state index contributed by atoms with van der Waals surface area (Å²) in [5, 5.41) is 5.34. The molecule has 0 aliphatic carbocycles. The number of carbonyl (C=O) groups is 2. The number of nitrogens with one attached hydrogen (secondary N) is 2. The van der Waals surface area contributed by atoms with Gasteiger partial charge in [-0.3, -0.25) is 9.59 Å². The highest BCUT2D eigenvalue weighted by Gasteiger charge is 2.10. The predicted octanol–water partition coefficient (Wildman–Crippen LogP) is 1.18. The van der Waals surface area contributed by atoms with Gasteiger partial charge in [0.1, 0.15) is 0 Å². The fraction of sp³-hybridized carbons (Fsp3) is 0.467. The zero-order valence-corrected chi connectivity index (χ0v) is 12.4. The largest absolute Gasteiger partial charge is 0.383 e. The summed E-state index contributed by atoms with van der Waals surface area (Å²) in [4.78, 5) is 23.6. The van der Waals surface area contributed by atoms with Crippen LogP contribution in [-0.4, -0.2) is 38.1 Å². The van der Waals surface area contributed by atoms with Gasteiger partial charge in [0.2, 0.25) is 5.91 Å². The van der Waals surface area contributed by atoms with Gasteiger partial charge in [0.05, 0.1) is 13.2 Å². The molecule has 0 saturated carbocycles.